The van der Waals surface area contributed by atoms with Gasteiger partial charge in [0.1, 0.15) is 5.02 Å². The van der Waals surface area contributed by atoms with E-state index in [9.17, 15) is 14.9 Å². The molecule has 0 unspecified atom stereocenters. The molecule has 0 radical (unpaired) electrons. The normalized spacial score (nSPS) is 9.86. The van der Waals surface area contributed by atoms with Gasteiger partial charge in [-0.25, -0.2) is 0 Å². The van der Waals surface area contributed by atoms with Crippen LogP contribution >= 0.6 is 23.2 Å². The van der Waals surface area contributed by atoms with Gasteiger partial charge in [0.05, 0.1) is 4.92 Å². The van der Waals surface area contributed by atoms with Crippen molar-refractivity contribution in [2.24, 2.45) is 0 Å². The number of hydrogen-bond donors (Lipinski definition) is 0. The molecule has 0 heterocycles. The zero-order chi connectivity index (χ0) is 10.7. The van der Waals surface area contributed by atoms with E-state index in [1.807, 2.05) is 0 Å². The number of nitrogens with zero attached hydrogens (tertiary/aromatic N) is 1. The molecule has 74 valence electrons. The molecule has 6 heteroatoms. The van der Waals surface area contributed by atoms with Crippen LogP contribution < -0.4 is 0 Å². The lowest BCUT2D eigenvalue weighted by atomic mass is 10.1. The molecule has 0 amide bonds. The molecule has 0 aliphatic carbocycles. The molecule has 0 aliphatic heterocycles. The molecule has 0 aliphatic rings. The Balaban J connectivity index is 3.13. The molecule has 4 nitrogen and oxygen atoms in total. The molecule has 1 aromatic carbocycles. The van der Waals surface area contributed by atoms with Gasteiger partial charge in [0, 0.05) is 12.5 Å². The Morgan fingerprint density at radius 2 is 2.14 bits per heavy atom. The quantitative estimate of drug-likeness (QED) is 0.458. The van der Waals surface area contributed by atoms with E-state index in [1.165, 1.54) is 18.2 Å². The van der Waals surface area contributed by atoms with E-state index in [1.54, 1.807) is 0 Å². The first-order valence-corrected chi connectivity index (χ1v) is 4.38. The predicted molar refractivity (Wildman–Crippen MR) is 52.7 cm³/mol. The Bertz CT molecular complexity index is 392. The van der Waals surface area contributed by atoms with Gasteiger partial charge >= 0.3 is 0 Å². The molecular formula is C8H5Cl2NO3. The summed E-state index contributed by atoms with van der Waals surface area (Å²) in [6.45, 7) is 0. The molecule has 0 aromatic heterocycles. The summed E-state index contributed by atoms with van der Waals surface area (Å²) >= 11 is 10.8. The summed E-state index contributed by atoms with van der Waals surface area (Å²) in [6.07, 6.45) is -0.109. The third-order valence-electron chi connectivity index (χ3n) is 1.58. The average Bonchev–Trinajstić information content (AvgIpc) is 2.07. The van der Waals surface area contributed by atoms with Crippen molar-refractivity contribution >= 4 is 34.1 Å². The third-order valence-corrected chi connectivity index (χ3v) is 2.15. The minimum absolute atomic E-state index is 0.0356. The summed E-state index contributed by atoms with van der Waals surface area (Å²) in [5.41, 5.74) is 0.142. The lowest BCUT2D eigenvalue weighted by Crippen LogP contribution is -1.97. The number of benzene rings is 1. The fourth-order valence-electron chi connectivity index (χ4n) is 0.994. The van der Waals surface area contributed by atoms with Crippen LogP contribution in [0.25, 0.3) is 0 Å². The van der Waals surface area contributed by atoms with Gasteiger partial charge in [-0.15, -0.1) is 0 Å². The van der Waals surface area contributed by atoms with E-state index in [0.29, 0.717) is 5.56 Å². The van der Waals surface area contributed by atoms with Gasteiger partial charge in [0.15, 0.2) is 0 Å². The summed E-state index contributed by atoms with van der Waals surface area (Å²) in [5.74, 6) is 0. The second-order valence-corrected chi connectivity index (χ2v) is 3.34. The second-order valence-electron chi connectivity index (χ2n) is 2.54. The topological polar surface area (TPSA) is 60.2 Å². The molecule has 0 saturated heterocycles. The fraction of sp³-hybridized carbons (Fsp3) is 0.125. The van der Waals surface area contributed by atoms with Crippen molar-refractivity contribution in [1.82, 2.24) is 0 Å². The molecule has 0 bridgehead atoms. The van der Waals surface area contributed by atoms with Crippen LogP contribution in [0.5, 0.6) is 0 Å². The summed E-state index contributed by atoms with van der Waals surface area (Å²) in [4.78, 5) is 20.4. The third kappa shape index (κ3) is 2.43. The maximum atomic E-state index is 10.6. The van der Waals surface area contributed by atoms with E-state index >= 15 is 0 Å². The lowest BCUT2D eigenvalue weighted by molar-refractivity contribution is -0.384. The van der Waals surface area contributed by atoms with E-state index in [4.69, 9.17) is 23.2 Å². The standard InChI is InChI=1S/C8H5Cl2NO3/c9-7(12)4-5-2-1-3-6(8(5)10)11(13)14/h1-3H,4H2. The van der Waals surface area contributed by atoms with Crippen LogP contribution in [0.2, 0.25) is 5.02 Å². The smallest absolute Gasteiger partial charge is 0.281 e. The van der Waals surface area contributed by atoms with Gasteiger partial charge in [-0.3, -0.25) is 14.9 Å². The number of rotatable bonds is 3. The number of carbonyl (C=O) groups is 1. The van der Waals surface area contributed by atoms with E-state index in [-0.39, 0.29) is 17.1 Å². The highest BCUT2D eigenvalue weighted by Gasteiger charge is 2.16. The zero-order valence-electron chi connectivity index (χ0n) is 6.87. The first-order valence-electron chi connectivity index (χ1n) is 3.62. The summed E-state index contributed by atoms with van der Waals surface area (Å²) in [6, 6.07) is 4.25. The first kappa shape index (κ1) is 10.9. The van der Waals surface area contributed by atoms with Crippen molar-refractivity contribution < 1.29 is 9.72 Å². The van der Waals surface area contributed by atoms with Crippen molar-refractivity contribution in [2.75, 3.05) is 0 Å². The largest absolute Gasteiger partial charge is 0.288 e. The van der Waals surface area contributed by atoms with Crippen LogP contribution in [-0.2, 0) is 11.2 Å². The van der Waals surface area contributed by atoms with Gasteiger partial charge in [-0.05, 0) is 17.2 Å². The molecular weight excluding hydrogens is 229 g/mol. The van der Waals surface area contributed by atoms with Crippen LogP contribution in [0.3, 0.4) is 0 Å². The zero-order valence-corrected chi connectivity index (χ0v) is 8.38. The summed E-state index contributed by atoms with van der Waals surface area (Å²) in [5, 5.41) is 9.82. The molecule has 0 spiro atoms. The van der Waals surface area contributed by atoms with E-state index < -0.39 is 10.2 Å². The lowest BCUT2D eigenvalue weighted by Gasteiger charge is -2.00. The van der Waals surface area contributed by atoms with Crippen molar-refractivity contribution in [2.45, 2.75) is 6.42 Å². The fourth-order valence-corrected chi connectivity index (χ4v) is 1.40. The maximum Gasteiger partial charge on any atom is 0.288 e. The summed E-state index contributed by atoms with van der Waals surface area (Å²) in [7, 11) is 0. The number of carbonyl (C=O) groups excluding carboxylic acids is 1. The van der Waals surface area contributed by atoms with Gasteiger partial charge in [-0.1, -0.05) is 23.7 Å². The second kappa shape index (κ2) is 4.39. The maximum absolute atomic E-state index is 10.6. The van der Waals surface area contributed by atoms with Crippen LogP contribution in [0, 0.1) is 10.1 Å². The van der Waals surface area contributed by atoms with Crippen LogP contribution in [0.15, 0.2) is 18.2 Å². The number of nitro groups is 1. The highest BCUT2D eigenvalue weighted by atomic mass is 35.5. The number of hydrogen-bond acceptors (Lipinski definition) is 3. The van der Waals surface area contributed by atoms with Gasteiger partial charge in [0.25, 0.3) is 5.69 Å². The van der Waals surface area contributed by atoms with Crippen LogP contribution in [-0.4, -0.2) is 10.2 Å². The molecule has 0 atom stereocenters. The average molecular weight is 234 g/mol. The Morgan fingerprint density at radius 3 is 2.64 bits per heavy atom. The van der Waals surface area contributed by atoms with Gasteiger partial charge in [0.2, 0.25) is 5.24 Å². The van der Waals surface area contributed by atoms with Crippen LogP contribution in [0.4, 0.5) is 5.69 Å². The molecule has 0 N–H and O–H groups in total. The molecule has 14 heavy (non-hydrogen) atoms. The highest BCUT2D eigenvalue weighted by Crippen LogP contribution is 2.28. The van der Waals surface area contributed by atoms with Crippen molar-refractivity contribution in [3.8, 4) is 0 Å². The molecule has 1 aromatic rings. The van der Waals surface area contributed by atoms with E-state index in [2.05, 4.69) is 0 Å². The van der Waals surface area contributed by atoms with Crippen molar-refractivity contribution in [3.05, 3.63) is 38.9 Å². The minimum Gasteiger partial charge on any atom is -0.281 e. The van der Waals surface area contributed by atoms with Gasteiger partial charge in [-0.2, -0.15) is 0 Å². The highest BCUT2D eigenvalue weighted by molar-refractivity contribution is 6.63. The van der Waals surface area contributed by atoms with Crippen molar-refractivity contribution in [3.63, 3.8) is 0 Å². The Morgan fingerprint density at radius 1 is 1.50 bits per heavy atom. The Kier molecular flexibility index (Phi) is 3.43. The SMILES string of the molecule is O=C(Cl)Cc1cccc([N+](=O)[O-])c1Cl. The molecule has 0 fully saturated rings. The van der Waals surface area contributed by atoms with E-state index in [0.717, 1.165) is 0 Å². The monoisotopic (exact) mass is 233 g/mol. The number of nitro benzene ring substituents is 1. The number of halogens is 2. The minimum atomic E-state index is -0.607. The molecule has 0 saturated carbocycles. The van der Waals surface area contributed by atoms with Crippen molar-refractivity contribution in [1.29, 1.82) is 0 Å². The molecule has 1 rings (SSSR count). The Labute approximate surface area is 89.6 Å². The van der Waals surface area contributed by atoms with Gasteiger partial charge < -0.3 is 0 Å². The predicted octanol–water partition coefficient (Wildman–Crippen LogP) is 2.56. The summed E-state index contributed by atoms with van der Waals surface area (Å²) < 4.78 is 0. The van der Waals surface area contributed by atoms with Crippen LogP contribution in [0.1, 0.15) is 5.56 Å². The Hall–Kier alpha value is -1.13. The first-order chi connectivity index (χ1) is 6.52.